The first kappa shape index (κ1) is 20.3. The van der Waals surface area contributed by atoms with Gasteiger partial charge in [-0.1, -0.05) is 53.2 Å². The van der Waals surface area contributed by atoms with Gasteiger partial charge in [0.05, 0.1) is 17.0 Å². The zero-order chi connectivity index (χ0) is 20.4. The lowest BCUT2D eigenvalue weighted by Gasteiger charge is -2.07. The molecule has 0 amide bonds. The van der Waals surface area contributed by atoms with Gasteiger partial charge in [-0.15, -0.1) is 28.1 Å². The normalized spacial score (nSPS) is 11.1. The average Bonchev–Trinajstić information content (AvgIpc) is 3.28. The summed E-state index contributed by atoms with van der Waals surface area (Å²) in [5.74, 6) is 2.31. The summed E-state index contributed by atoms with van der Waals surface area (Å²) in [5.41, 5.74) is 1.17. The fraction of sp³-hybridized carbons (Fsp3) is 0.143. The number of allylic oxidation sites excluding steroid dienone is 1. The van der Waals surface area contributed by atoms with Crippen molar-refractivity contribution in [1.82, 2.24) is 14.8 Å². The zero-order valence-electron chi connectivity index (χ0n) is 15.6. The first-order valence-electron chi connectivity index (χ1n) is 8.78. The second-order valence-electron chi connectivity index (χ2n) is 6.23. The van der Waals surface area contributed by atoms with Crippen LogP contribution in [0.3, 0.4) is 0 Å². The molecule has 2 heterocycles. The lowest BCUT2D eigenvalue weighted by atomic mass is 10.2. The van der Waals surface area contributed by atoms with Crippen molar-refractivity contribution in [2.75, 3.05) is 7.11 Å². The summed E-state index contributed by atoms with van der Waals surface area (Å²) in [7, 11) is 1.65. The molecule has 0 N–H and O–H groups in total. The topological polar surface area (TPSA) is 39.9 Å². The number of methoxy groups -OCH3 is 1. The molecule has 29 heavy (non-hydrogen) atoms. The maximum Gasteiger partial charge on any atom is 0.192 e. The highest BCUT2D eigenvalue weighted by Gasteiger charge is 2.20. The molecule has 0 radical (unpaired) electrons. The van der Waals surface area contributed by atoms with E-state index in [0.717, 1.165) is 42.5 Å². The van der Waals surface area contributed by atoms with Crippen LogP contribution in [0.2, 0.25) is 10.0 Å². The quantitative estimate of drug-likeness (QED) is 0.220. The standard InChI is InChI=1S/C21H17Cl2N3OS2/c1-3-10-26-20(19-18(23)16-9-8-15(27-2)11-17(16)29-19)24-25-21(26)28-12-13-4-6-14(22)7-5-13/h3-9,11H,1,10,12H2,2H3. The monoisotopic (exact) mass is 461 g/mol. The van der Waals surface area contributed by atoms with Gasteiger partial charge in [0.2, 0.25) is 0 Å². The predicted octanol–water partition coefficient (Wildman–Crippen LogP) is 6.95. The van der Waals surface area contributed by atoms with Gasteiger partial charge >= 0.3 is 0 Å². The number of fused-ring (bicyclic) bond motifs is 1. The Hall–Kier alpha value is -1.99. The fourth-order valence-corrected chi connectivity index (χ4v) is 5.47. The first-order valence-corrected chi connectivity index (χ1v) is 11.3. The molecule has 0 bridgehead atoms. The van der Waals surface area contributed by atoms with Crippen LogP contribution < -0.4 is 4.74 Å². The van der Waals surface area contributed by atoms with E-state index in [1.54, 1.807) is 30.2 Å². The van der Waals surface area contributed by atoms with E-state index in [-0.39, 0.29) is 0 Å². The minimum Gasteiger partial charge on any atom is -0.497 e. The molecule has 4 aromatic rings. The van der Waals surface area contributed by atoms with Crippen LogP contribution in [0.5, 0.6) is 5.75 Å². The summed E-state index contributed by atoms with van der Waals surface area (Å²) >= 11 is 15.9. The van der Waals surface area contributed by atoms with Crippen molar-refractivity contribution in [3.8, 4) is 16.5 Å². The molecule has 4 rings (SSSR count). The molecule has 0 aliphatic heterocycles. The second kappa shape index (κ2) is 8.79. The second-order valence-corrected chi connectivity index (χ2v) is 9.04. The van der Waals surface area contributed by atoms with Crippen molar-refractivity contribution in [3.05, 3.63) is 70.7 Å². The summed E-state index contributed by atoms with van der Waals surface area (Å²) in [4.78, 5) is 0.891. The number of benzene rings is 2. The number of hydrogen-bond donors (Lipinski definition) is 0. The molecule has 0 aliphatic rings. The summed E-state index contributed by atoms with van der Waals surface area (Å²) in [6, 6.07) is 13.7. The van der Waals surface area contributed by atoms with Gasteiger partial charge in [0.25, 0.3) is 0 Å². The molecule has 8 heteroatoms. The predicted molar refractivity (Wildman–Crippen MR) is 124 cm³/mol. The Morgan fingerprint density at radius 1 is 1.17 bits per heavy atom. The van der Waals surface area contributed by atoms with Gasteiger partial charge in [-0.25, -0.2) is 0 Å². The van der Waals surface area contributed by atoms with Crippen LogP contribution in [0.4, 0.5) is 0 Å². The van der Waals surface area contributed by atoms with E-state index in [0.29, 0.717) is 11.6 Å². The minimum atomic E-state index is 0.596. The first-order chi connectivity index (χ1) is 14.1. The van der Waals surface area contributed by atoms with Gasteiger partial charge in [-0.2, -0.15) is 0 Å². The van der Waals surface area contributed by atoms with E-state index in [1.165, 1.54) is 5.56 Å². The van der Waals surface area contributed by atoms with Crippen molar-refractivity contribution < 1.29 is 4.74 Å². The highest BCUT2D eigenvalue weighted by molar-refractivity contribution is 7.98. The number of ether oxygens (including phenoxy) is 1. The molecule has 4 nitrogen and oxygen atoms in total. The Kier molecular flexibility index (Phi) is 6.15. The third-order valence-electron chi connectivity index (χ3n) is 4.35. The van der Waals surface area contributed by atoms with Crippen LogP contribution in [0.1, 0.15) is 5.56 Å². The van der Waals surface area contributed by atoms with Gasteiger partial charge in [0.15, 0.2) is 11.0 Å². The summed E-state index contributed by atoms with van der Waals surface area (Å²) in [6.45, 7) is 4.48. The molecule has 0 unspecified atom stereocenters. The highest BCUT2D eigenvalue weighted by Crippen LogP contribution is 2.43. The minimum absolute atomic E-state index is 0.596. The van der Waals surface area contributed by atoms with Crippen LogP contribution in [-0.2, 0) is 12.3 Å². The summed E-state index contributed by atoms with van der Waals surface area (Å²) in [5, 5.41) is 12.1. The lowest BCUT2D eigenvalue weighted by molar-refractivity contribution is 0.415. The highest BCUT2D eigenvalue weighted by atomic mass is 35.5. The Bertz CT molecular complexity index is 1170. The summed E-state index contributed by atoms with van der Waals surface area (Å²) < 4.78 is 8.42. The number of halogens is 2. The number of thioether (sulfide) groups is 1. The Morgan fingerprint density at radius 3 is 2.69 bits per heavy atom. The van der Waals surface area contributed by atoms with Crippen molar-refractivity contribution in [2.45, 2.75) is 17.5 Å². The average molecular weight is 462 g/mol. The van der Waals surface area contributed by atoms with Crippen LogP contribution in [-0.4, -0.2) is 21.9 Å². The van der Waals surface area contributed by atoms with Gasteiger partial charge in [0, 0.05) is 27.4 Å². The molecule has 0 aliphatic carbocycles. The molecule has 2 aromatic heterocycles. The van der Waals surface area contributed by atoms with Crippen molar-refractivity contribution >= 4 is 56.4 Å². The fourth-order valence-electron chi connectivity index (χ4n) is 2.90. The van der Waals surface area contributed by atoms with E-state index in [9.17, 15) is 0 Å². The van der Waals surface area contributed by atoms with E-state index >= 15 is 0 Å². The van der Waals surface area contributed by atoms with Crippen LogP contribution in [0.25, 0.3) is 20.8 Å². The van der Waals surface area contributed by atoms with E-state index in [2.05, 4.69) is 16.8 Å². The van der Waals surface area contributed by atoms with E-state index in [1.807, 2.05) is 53.1 Å². The smallest absolute Gasteiger partial charge is 0.192 e. The molecule has 0 atom stereocenters. The third kappa shape index (κ3) is 4.16. The zero-order valence-corrected chi connectivity index (χ0v) is 18.7. The largest absolute Gasteiger partial charge is 0.497 e. The van der Waals surface area contributed by atoms with Crippen LogP contribution in [0, 0.1) is 0 Å². The number of thiophene rings is 1. The maximum atomic E-state index is 6.70. The van der Waals surface area contributed by atoms with Gasteiger partial charge < -0.3 is 4.74 Å². The van der Waals surface area contributed by atoms with Crippen molar-refractivity contribution in [3.63, 3.8) is 0 Å². The van der Waals surface area contributed by atoms with Crippen LogP contribution >= 0.6 is 46.3 Å². The number of aromatic nitrogens is 3. The molecule has 148 valence electrons. The Labute approximate surface area is 187 Å². The number of nitrogens with zero attached hydrogens (tertiary/aromatic N) is 3. The van der Waals surface area contributed by atoms with Crippen molar-refractivity contribution in [2.24, 2.45) is 0 Å². The number of hydrogen-bond acceptors (Lipinski definition) is 5. The molecule has 2 aromatic carbocycles. The lowest BCUT2D eigenvalue weighted by Crippen LogP contribution is -2.00. The van der Waals surface area contributed by atoms with Gasteiger partial charge in [-0.3, -0.25) is 4.57 Å². The van der Waals surface area contributed by atoms with Crippen molar-refractivity contribution in [1.29, 1.82) is 0 Å². The molecular formula is C21H17Cl2N3OS2. The third-order valence-corrected chi connectivity index (χ3v) is 7.29. The Morgan fingerprint density at radius 2 is 1.97 bits per heavy atom. The van der Waals surface area contributed by atoms with Crippen LogP contribution in [0.15, 0.2) is 60.3 Å². The van der Waals surface area contributed by atoms with Gasteiger partial charge in [-0.05, 0) is 35.9 Å². The van der Waals surface area contributed by atoms with E-state index < -0.39 is 0 Å². The van der Waals surface area contributed by atoms with E-state index in [4.69, 9.17) is 27.9 Å². The van der Waals surface area contributed by atoms with Gasteiger partial charge in [0.1, 0.15) is 5.75 Å². The molecule has 0 saturated carbocycles. The number of rotatable bonds is 7. The summed E-state index contributed by atoms with van der Waals surface area (Å²) in [6.07, 6.45) is 1.84. The SMILES string of the molecule is C=CCn1c(SCc2ccc(Cl)cc2)nnc1-c1sc2cc(OC)ccc2c1Cl. The molecule has 0 saturated heterocycles. The Balaban J connectivity index is 1.69. The molecule has 0 fully saturated rings. The molecule has 0 spiro atoms. The molecular weight excluding hydrogens is 445 g/mol. The maximum absolute atomic E-state index is 6.70.